The number of rotatable bonds is 3. The van der Waals surface area contributed by atoms with Gasteiger partial charge in [-0.3, -0.25) is 0 Å². The van der Waals surface area contributed by atoms with Gasteiger partial charge in [-0.25, -0.2) is 0 Å². The minimum absolute atomic E-state index is 0.569. The minimum atomic E-state index is 0.569. The highest BCUT2D eigenvalue weighted by atomic mass is 16.5. The van der Waals surface area contributed by atoms with Crippen LogP contribution < -0.4 is 15.2 Å². The molecule has 2 aromatic rings. The summed E-state index contributed by atoms with van der Waals surface area (Å²) in [7, 11) is 1.56. The molecule has 2 N–H and O–H groups in total. The van der Waals surface area contributed by atoms with Crippen LogP contribution in [0.2, 0.25) is 0 Å². The van der Waals surface area contributed by atoms with E-state index in [0.717, 1.165) is 0 Å². The highest BCUT2D eigenvalue weighted by molar-refractivity contribution is 5.53. The fourth-order valence-corrected chi connectivity index (χ4v) is 1.49. The van der Waals surface area contributed by atoms with Gasteiger partial charge in [-0.15, -0.1) is 0 Å². The monoisotopic (exact) mass is 240 g/mol. The van der Waals surface area contributed by atoms with E-state index in [9.17, 15) is 0 Å². The zero-order valence-electron chi connectivity index (χ0n) is 9.88. The van der Waals surface area contributed by atoms with E-state index < -0.39 is 0 Å². The van der Waals surface area contributed by atoms with Crippen molar-refractivity contribution in [1.82, 2.24) is 0 Å². The van der Waals surface area contributed by atoms with Crippen molar-refractivity contribution >= 4 is 5.69 Å². The van der Waals surface area contributed by atoms with Gasteiger partial charge in [-0.1, -0.05) is 0 Å². The van der Waals surface area contributed by atoms with Crippen LogP contribution in [0, 0.1) is 11.3 Å². The maximum atomic E-state index is 8.71. The van der Waals surface area contributed by atoms with Crippen LogP contribution in [-0.4, -0.2) is 7.11 Å². The van der Waals surface area contributed by atoms with E-state index in [1.165, 1.54) is 0 Å². The van der Waals surface area contributed by atoms with E-state index in [1.807, 2.05) is 0 Å². The van der Waals surface area contributed by atoms with Crippen LogP contribution in [0.1, 0.15) is 5.56 Å². The van der Waals surface area contributed by atoms with Crippen LogP contribution in [-0.2, 0) is 0 Å². The summed E-state index contributed by atoms with van der Waals surface area (Å²) in [6, 6.07) is 14.1. The summed E-state index contributed by atoms with van der Waals surface area (Å²) in [6.07, 6.45) is 0. The number of methoxy groups -OCH3 is 1. The molecule has 0 saturated heterocycles. The third kappa shape index (κ3) is 2.53. The first-order valence-electron chi connectivity index (χ1n) is 5.34. The van der Waals surface area contributed by atoms with Crippen molar-refractivity contribution in [3.05, 3.63) is 48.0 Å². The van der Waals surface area contributed by atoms with Gasteiger partial charge in [-0.2, -0.15) is 5.26 Å². The van der Waals surface area contributed by atoms with E-state index in [0.29, 0.717) is 28.5 Å². The lowest BCUT2D eigenvalue weighted by molar-refractivity contribution is 0.379. The number of ether oxygens (including phenoxy) is 2. The molecule has 0 unspecified atom stereocenters. The predicted octanol–water partition coefficient (Wildman–Crippen LogP) is 2.94. The number of nitrogen functional groups attached to an aromatic ring is 1. The highest BCUT2D eigenvalue weighted by Crippen LogP contribution is 2.32. The standard InChI is InChI=1S/C14H12N2O2/c1-17-14-8-11(16)4-7-13(14)18-12-5-2-10(9-15)3-6-12/h2-8H,16H2,1H3. The Morgan fingerprint density at radius 1 is 1.06 bits per heavy atom. The lowest BCUT2D eigenvalue weighted by atomic mass is 10.2. The van der Waals surface area contributed by atoms with Crippen molar-refractivity contribution in [3.8, 4) is 23.3 Å². The van der Waals surface area contributed by atoms with Crippen molar-refractivity contribution in [3.63, 3.8) is 0 Å². The number of nitrogens with zero attached hydrogens (tertiary/aromatic N) is 1. The van der Waals surface area contributed by atoms with Crippen LogP contribution in [0.3, 0.4) is 0 Å². The summed E-state index contributed by atoms with van der Waals surface area (Å²) in [5.41, 5.74) is 6.86. The first-order chi connectivity index (χ1) is 8.72. The molecule has 0 fully saturated rings. The van der Waals surface area contributed by atoms with Crippen molar-refractivity contribution in [2.24, 2.45) is 0 Å². The zero-order valence-corrected chi connectivity index (χ0v) is 9.88. The fraction of sp³-hybridized carbons (Fsp3) is 0.0714. The summed E-state index contributed by atoms with van der Waals surface area (Å²) in [5.74, 6) is 1.79. The second-order valence-corrected chi connectivity index (χ2v) is 3.65. The summed E-state index contributed by atoms with van der Waals surface area (Å²) in [6.45, 7) is 0. The van der Waals surface area contributed by atoms with Crippen molar-refractivity contribution < 1.29 is 9.47 Å². The van der Waals surface area contributed by atoms with Gasteiger partial charge < -0.3 is 15.2 Å². The van der Waals surface area contributed by atoms with E-state index in [4.69, 9.17) is 20.5 Å². The van der Waals surface area contributed by atoms with E-state index >= 15 is 0 Å². The van der Waals surface area contributed by atoms with Gasteiger partial charge in [0.25, 0.3) is 0 Å². The van der Waals surface area contributed by atoms with Crippen molar-refractivity contribution in [1.29, 1.82) is 5.26 Å². The molecule has 90 valence electrons. The molecule has 18 heavy (non-hydrogen) atoms. The van der Waals surface area contributed by atoms with Crippen molar-refractivity contribution in [2.75, 3.05) is 12.8 Å². The van der Waals surface area contributed by atoms with Gasteiger partial charge in [0.1, 0.15) is 5.75 Å². The Bertz CT molecular complexity index is 586. The van der Waals surface area contributed by atoms with Gasteiger partial charge in [0.15, 0.2) is 11.5 Å². The maximum Gasteiger partial charge on any atom is 0.169 e. The molecule has 0 aliphatic rings. The fourth-order valence-electron chi connectivity index (χ4n) is 1.49. The molecule has 0 saturated carbocycles. The predicted molar refractivity (Wildman–Crippen MR) is 68.6 cm³/mol. The third-order valence-electron chi connectivity index (χ3n) is 2.40. The number of hydrogen-bond donors (Lipinski definition) is 1. The molecule has 0 radical (unpaired) electrons. The summed E-state index contributed by atoms with van der Waals surface area (Å²) in [5, 5.41) is 8.71. The second kappa shape index (κ2) is 5.11. The molecule has 0 amide bonds. The van der Waals surface area contributed by atoms with E-state index in [2.05, 4.69) is 6.07 Å². The lowest BCUT2D eigenvalue weighted by Gasteiger charge is -2.10. The number of nitriles is 1. The number of benzene rings is 2. The number of anilines is 1. The molecule has 0 heterocycles. The Balaban J connectivity index is 2.25. The molecule has 0 aliphatic carbocycles. The number of nitrogens with two attached hydrogens (primary N) is 1. The lowest BCUT2D eigenvalue weighted by Crippen LogP contribution is -1.92. The Labute approximate surface area is 105 Å². The SMILES string of the molecule is COc1cc(N)ccc1Oc1ccc(C#N)cc1. The molecule has 0 aliphatic heterocycles. The summed E-state index contributed by atoms with van der Waals surface area (Å²) in [4.78, 5) is 0. The average Bonchev–Trinajstić information content (AvgIpc) is 2.41. The first kappa shape index (κ1) is 11.8. The van der Waals surface area contributed by atoms with Gasteiger partial charge in [0, 0.05) is 11.8 Å². The minimum Gasteiger partial charge on any atom is -0.493 e. The normalized spacial score (nSPS) is 9.56. The highest BCUT2D eigenvalue weighted by Gasteiger charge is 2.05. The third-order valence-corrected chi connectivity index (χ3v) is 2.40. The van der Waals surface area contributed by atoms with Gasteiger partial charge in [-0.05, 0) is 36.4 Å². The van der Waals surface area contributed by atoms with Crippen LogP contribution in [0.15, 0.2) is 42.5 Å². The molecule has 2 rings (SSSR count). The Hall–Kier alpha value is -2.67. The quantitative estimate of drug-likeness (QED) is 0.837. The molecule has 4 nitrogen and oxygen atoms in total. The van der Waals surface area contributed by atoms with Crippen molar-refractivity contribution in [2.45, 2.75) is 0 Å². The number of hydrogen-bond acceptors (Lipinski definition) is 4. The second-order valence-electron chi connectivity index (χ2n) is 3.65. The van der Waals surface area contributed by atoms with Crippen LogP contribution in [0.5, 0.6) is 17.2 Å². The van der Waals surface area contributed by atoms with Gasteiger partial charge >= 0.3 is 0 Å². The zero-order chi connectivity index (χ0) is 13.0. The van der Waals surface area contributed by atoms with Gasteiger partial charge in [0.2, 0.25) is 0 Å². The Kier molecular flexibility index (Phi) is 3.35. The molecule has 2 aromatic carbocycles. The molecular formula is C14H12N2O2. The van der Waals surface area contributed by atoms with Gasteiger partial charge in [0.05, 0.1) is 18.7 Å². The summed E-state index contributed by atoms with van der Waals surface area (Å²) < 4.78 is 10.9. The van der Waals surface area contributed by atoms with Crippen LogP contribution >= 0.6 is 0 Å². The molecule has 0 aromatic heterocycles. The molecule has 4 heteroatoms. The molecule has 0 atom stereocenters. The van der Waals surface area contributed by atoms with E-state index in [1.54, 1.807) is 49.6 Å². The van der Waals surface area contributed by atoms with Crippen LogP contribution in [0.4, 0.5) is 5.69 Å². The average molecular weight is 240 g/mol. The van der Waals surface area contributed by atoms with Crippen LogP contribution in [0.25, 0.3) is 0 Å². The Morgan fingerprint density at radius 2 is 1.78 bits per heavy atom. The molecule has 0 bridgehead atoms. The largest absolute Gasteiger partial charge is 0.493 e. The molecule has 0 spiro atoms. The topological polar surface area (TPSA) is 68.3 Å². The van der Waals surface area contributed by atoms with E-state index in [-0.39, 0.29) is 0 Å². The summed E-state index contributed by atoms with van der Waals surface area (Å²) >= 11 is 0. The molecular weight excluding hydrogens is 228 g/mol. The Morgan fingerprint density at radius 3 is 2.39 bits per heavy atom. The smallest absolute Gasteiger partial charge is 0.169 e. The first-order valence-corrected chi connectivity index (χ1v) is 5.34. The maximum absolute atomic E-state index is 8.71.